The van der Waals surface area contributed by atoms with Gasteiger partial charge in [0.2, 0.25) is 5.71 Å². The molecular weight excluding hydrogens is 268 g/mol. The maximum absolute atomic E-state index is 8.53. The summed E-state index contributed by atoms with van der Waals surface area (Å²) in [6.07, 6.45) is 0. The van der Waals surface area contributed by atoms with E-state index in [4.69, 9.17) is 10.5 Å². The lowest BCUT2D eigenvalue weighted by atomic mass is 10.1. The summed E-state index contributed by atoms with van der Waals surface area (Å²) in [6, 6.07) is 7.26. The van der Waals surface area contributed by atoms with Gasteiger partial charge < -0.3 is 0 Å². The average Bonchev–Trinajstić information content (AvgIpc) is 2.26. The van der Waals surface area contributed by atoms with Crippen molar-refractivity contribution in [1.82, 2.24) is 0 Å². The van der Waals surface area contributed by atoms with E-state index in [1.54, 1.807) is 12.1 Å². The summed E-state index contributed by atoms with van der Waals surface area (Å²) in [5.74, 6) is 0. The zero-order valence-electron chi connectivity index (χ0n) is 8.87. The predicted molar refractivity (Wildman–Crippen MR) is 65.9 cm³/mol. The van der Waals surface area contributed by atoms with E-state index in [2.05, 4.69) is 26.5 Å². The number of nitrogens with zero attached hydrogens (tertiary/aromatic N) is 3. The van der Waals surface area contributed by atoms with Crippen LogP contribution in [0.25, 0.3) is 0 Å². The van der Waals surface area contributed by atoms with Crippen molar-refractivity contribution < 1.29 is 0 Å². The maximum atomic E-state index is 8.53. The topological polar surface area (TPSA) is 72.0 Å². The quantitative estimate of drug-likeness (QED) is 0.667. The highest BCUT2D eigenvalue weighted by molar-refractivity contribution is 9.10. The zero-order chi connectivity index (χ0) is 12.1. The van der Waals surface area contributed by atoms with Crippen LogP contribution < -0.4 is 5.43 Å². The summed E-state index contributed by atoms with van der Waals surface area (Å²) >= 11 is 3.42. The van der Waals surface area contributed by atoms with Crippen LogP contribution in [0.5, 0.6) is 0 Å². The number of anilines is 1. The summed E-state index contributed by atoms with van der Waals surface area (Å²) in [6.45, 7) is 3.87. The number of nitrogens with one attached hydrogen (secondary N) is 1. The van der Waals surface area contributed by atoms with Crippen LogP contribution in [-0.2, 0) is 0 Å². The van der Waals surface area contributed by atoms with Crippen LogP contribution in [0.1, 0.15) is 11.1 Å². The number of nitriles is 2. The summed E-state index contributed by atoms with van der Waals surface area (Å²) in [4.78, 5) is 0. The predicted octanol–water partition coefficient (Wildman–Crippen LogP) is 2.88. The van der Waals surface area contributed by atoms with Gasteiger partial charge in [-0.3, -0.25) is 5.43 Å². The fraction of sp³-hybridized carbons (Fsp3) is 0.182. The van der Waals surface area contributed by atoms with Crippen LogP contribution in [0.4, 0.5) is 5.69 Å². The molecule has 0 fully saturated rings. The molecule has 0 aromatic heterocycles. The van der Waals surface area contributed by atoms with Gasteiger partial charge in [-0.1, -0.05) is 15.9 Å². The minimum atomic E-state index is -0.197. The van der Waals surface area contributed by atoms with E-state index in [0.717, 1.165) is 21.3 Å². The molecule has 0 radical (unpaired) electrons. The second kappa shape index (κ2) is 5.29. The van der Waals surface area contributed by atoms with Crippen molar-refractivity contribution >= 4 is 27.3 Å². The maximum Gasteiger partial charge on any atom is 0.237 e. The molecule has 1 aromatic rings. The van der Waals surface area contributed by atoms with Gasteiger partial charge in [-0.25, -0.2) is 0 Å². The van der Waals surface area contributed by atoms with E-state index in [1.807, 2.05) is 26.0 Å². The van der Waals surface area contributed by atoms with Gasteiger partial charge in [-0.05, 0) is 37.1 Å². The summed E-state index contributed by atoms with van der Waals surface area (Å²) in [7, 11) is 0. The first-order valence-corrected chi connectivity index (χ1v) is 5.28. The Hall–Kier alpha value is -1.85. The van der Waals surface area contributed by atoms with Gasteiger partial charge in [0.05, 0.1) is 5.69 Å². The van der Waals surface area contributed by atoms with Gasteiger partial charge in [0.25, 0.3) is 0 Å². The van der Waals surface area contributed by atoms with E-state index in [0.29, 0.717) is 0 Å². The summed E-state index contributed by atoms with van der Waals surface area (Å²) < 4.78 is 0.959. The Morgan fingerprint density at radius 2 is 1.94 bits per heavy atom. The first-order valence-electron chi connectivity index (χ1n) is 4.49. The van der Waals surface area contributed by atoms with Crippen molar-refractivity contribution in [2.24, 2.45) is 5.10 Å². The fourth-order valence-electron chi connectivity index (χ4n) is 1.12. The van der Waals surface area contributed by atoms with Crippen molar-refractivity contribution in [3.8, 4) is 12.1 Å². The van der Waals surface area contributed by atoms with E-state index in [1.165, 1.54) is 0 Å². The highest BCUT2D eigenvalue weighted by Crippen LogP contribution is 2.25. The van der Waals surface area contributed by atoms with Gasteiger partial charge in [-0.15, -0.1) is 0 Å². The molecule has 0 unspecified atom stereocenters. The standard InChI is InChI=1S/C11H9BrN4/c1-7-3-10(12)8(2)11(4-7)16-15-9(5-13)6-14/h3-4,16H,1-2H3. The highest BCUT2D eigenvalue weighted by Gasteiger charge is 2.03. The Morgan fingerprint density at radius 3 is 2.50 bits per heavy atom. The molecular formula is C11H9BrN4. The van der Waals surface area contributed by atoms with E-state index in [-0.39, 0.29) is 5.71 Å². The molecule has 4 nitrogen and oxygen atoms in total. The molecule has 16 heavy (non-hydrogen) atoms. The number of halogens is 1. The fourth-order valence-corrected chi connectivity index (χ4v) is 1.70. The molecule has 0 heterocycles. The van der Waals surface area contributed by atoms with Crippen molar-refractivity contribution in [3.63, 3.8) is 0 Å². The average molecular weight is 277 g/mol. The number of hydrazone groups is 1. The largest absolute Gasteiger partial charge is 0.276 e. The first-order chi connectivity index (χ1) is 7.58. The molecule has 0 aliphatic heterocycles. The molecule has 80 valence electrons. The first kappa shape index (κ1) is 12.2. The van der Waals surface area contributed by atoms with Gasteiger partial charge in [-0.2, -0.15) is 15.6 Å². The second-order valence-electron chi connectivity index (χ2n) is 3.22. The number of aryl methyl sites for hydroxylation is 1. The van der Waals surface area contributed by atoms with Crippen LogP contribution >= 0.6 is 15.9 Å². The number of rotatable bonds is 2. The molecule has 0 spiro atoms. The number of hydrogen-bond acceptors (Lipinski definition) is 4. The van der Waals surface area contributed by atoms with Crippen molar-refractivity contribution in [1.29, 1.82) is 10.5 Å². The molecule has 0 aliphatic rings. The smallest absolute Gasteiger partial charge is 0.237 e. The third-order valence-corrected chi connectivity index (χ3v) is 2.81. The monoisotopic (exact) mass is 276 g/mol. The van der Waals surface area contributed by atoms with Gasteiger partial charge in [0, 0.05) is 4.47 Å². The lowest BCUT2D eigenvalue weighted by Crippen LogP contribution is -1.98. The molecule has 0 atom stereocenters. The molecule has 1 aromatic carbocycles. The Morgan fingerprint density at radius 1 is 1.31 bits per heavy atom. The van der Waals surface area contributed by atoms with Crippen LogP contribution in [0.3, 0.4) is 0 Å². The van der Waals surface area contributed by atoms with Gasteiger partial charge in [0.15, 0.2) is 0 Å². The Labute approximate surface area is 102 Å². The molecule has 1 N–H and O–H groups in total. The number of benzene rings is 1. The van der Waals surface area contributed by atoms with E-state index in [9.17, 15) is 0 Å². The van der Waals surface area contributed by atoms with Gasteiger partial charge >= 0.3 is 0 Å². The molecule has 0 saturated carbocycles. The third kappa shape index (κ3) is 2.82. The minimum absolute atomic E-state index is 0.197. The van der Waals surface area contributed by atoms with Crippen LogP contribution in [0, 0.1) is 36.5 Å². The summed E-state index contributed by atoms with van der Waals surface area (Å²) in [5.41, 5.74) is 5.32. The SMILES string of the molecule is Cc1cc(Br)c(C)c(NN=C(C#N)C#N)c1. The molecule has 5 heteroatoms. The normalized spacial score (nSPS) is 8.81. The van der Waals surface area contributed by atoms with E-state index < -0.39 is 0 Å². The highest BCUT2D eigenvalue weighted by atomic mass is 79.9. The second-order valence-corrected chi connectivity index (χ2v) is 4.07. The molecule has 1 rings (SSSR count). The lowest BCUT2D eigenvalue weighted by molar-refractivity contribution is 1.27. The Bertz CT molecular complexity index is 504. The Kier molecular flexibility index (Phi) is 4.04. The summed E-state index contributed by atoms with van der Waals surface area (Å²) in [5, 5.41) is 20.8. The number of hydrogen-bond donors (Lipinski definition) is 1. The van der Waals surface area contributed by atoms with E-state index >= 15 is 0 Å². The van der Waals surface area contributed by atoms with Crippen molar-refractivity contribution in [3.05, 3.63) is 27.7 Å². The van der Waals surface area contributed by atoms with Crippen LogP contribution in [-0.4, -0.2) is 5.71 Å². The minimum Gasteiger partial charge on any atom is -0.276 e. The molecule has 0 aliphatic carbocycles. The van der Waals surface area contributed by atoms with Crippen molar-refractivity contribution in [2.75, 3.05) is 5.43 Å². The molecule has 0 bridgehead atoms. The van der Waals surface area contributed by atoms with Crippen LogP contribution in [0.2, 0.25) is 0 Å². The third-order valence-electron chi connectivity index (χ3n) is 1.99. The molecule has 0 saturated heterocycles. The van der Waals surface area contributed by atoms with Crippen LogP contribution in [0.15, 0.2) is 21.7 Å². The zero-order valence-corrected chi connectivity index (χ0v) is 10.5. The molecule has 0 amide bonds. The lowest BCUT2D eigenvalue weighted by Gasteiger charge is -2.08. The van der Waals surface area contributed by atoms with Crippen molar-refractivity contribution in [2.45, 2.75) is 13.8 Å². The van der Waals surface area contributed by atoms with Gasteiger partial charge in [0.1, 0.15) is 12.1 Å². The Balaban J connectivity index is 3.05.